The molecule has 3 saturated heterocycles. The number of ether oxygens (including phenoxy) is 8. The first-order valence-electron chi connectivity index (χ1n) is 19.3. The van der Waals surface area contributed by atoms with E-state index in [0.717, 1.165) is 0 Å². The second-order valence-electron chi connectivity index (χ2n) is 16.8. The first-order chi connectivity index (χ1) is 24.5. The summed E-state index contributed by atoms with van der Waals surface area (Å²) in [6.45, 7) is 17.7. The number of ketones is 1. The quantitative estimate of drug-likeness (QED) is 0.293. The number of carbonyl (C=O) groups excluding carboxylic acids is 2. The molecule has 3 aliphatic heterocycles. The summed E-state index contributed by atoms with van der Waals surface area (Å²) in [4.78, 5) is 30.4. The van der Waals surface area contributed by atoms with Gasteiger partial charge in [-0.15, -0.1) is 0 Å². The molecular formula is C39H71NO13. The molecule has 0 aromatic heterocycles. The fourth-order valence-corrected chi connectivity index (χ4v) is 8.82. The summed E-state index contributed by atoms with van der Waals surface area (Å²) in [6, 6.07) is -0.272. The SMILES string of the molecule is CC[C@H]1OC(=O)[C@H](C)[C@@H](O[C@H]2C[C@@](C)(OC)[C@@H](O)[C@H](C)O2)[C@H](C)[C@@H](O[C@@H]2O[C@H](C)C[C@H](N(C)C)[C@H]2O)[C@](C)(OC)C[C@@H](C)C(=O)[C@H](C)[C@@H](O)[C@]1(C)OC. The number of hydrogen-bond acceptors (Lipinski definition) is 14. The number of carbonyl (C=O) groups is 2. The zero-order chi connectivity index (χ0) is 40.4. The van der Waals surface area contributed by atoms with Crippen LogP contribution in [-0.4, -0.2) is 152 Å². The second-order valence-corrected chi connectivity index (χ2v) is 16.8. The summed E-state index contributed by atoms with van der Waals surface area (Å²) in [7, 11) is 8.26. The molecule has 0 unspecified atom stereocenters. The Morgan fingerprint density at radius 1 is 0.811 bits per heavy atom. The van der Waals surface area contributed by atoms with E-state index in [1.54, 1.807) is 41.5 Å². The minimum absolute atomic E-state index is 0.147. The van der Waals surface area contributed by atoms with Crippen LogP contribution >= 0.6 is 0 Å². The van der Waals surface area contributed by atoms with Crippen LogP contribution in [0.15, 0.2) is 0 Å². The van der Waals surface area contributed by atoms with Gasteiger partial charge in [0.1, 0.15) is 29.7 Å². The molecule has 53 heavy (non-hydrogen) atoms. The lowest BCUT2D eigenvalue weighted by molar-refractivity contribution is -0.319. The second kappa shape index (κ2) is 18.3. The lowest BCUT2D eigenvalue weighted by Crippen LogP contribution is -2.61. The van der Waals surface area contributed by atoms with Gasteiger partial charge in [0.2, 0.25) is 0 Å². The predicted octanol–water partition coefficient (Wildman–Crippen LogP) is 3.09. The molecule has 3 N–H and O–H groups in total. The maximum absolute atomic E-state index is 14.3. The summed E-state index contributed by atoms with van der Waals surface area (Å²) in [5.41, 5.74) is -3.66. The highest BCUT2D eigenvalue weighted by Crippen LogP contribution is 2.42. The van der Waals surface area contributed by atoms with Crippen molar-refractivity contribution in [2.24, 2.45) is 23.7 Å². The Morgan fingerprint density at radius 3 is 1.94 bits per heavy atom. The number of rotatable bonds is 9. The van der Waals surface area contributed by atoms with E-state index < -0.39 is 102 Å². The summed E-state index contributed by atoms with van der Waals surface area (Å²) < 4.78 is 50.2. The average molecular weight is 762 g/mol. The van der Waals surface area contributed by atoms with Crippen molar-refractivity contribution in [2.45, 2.75) is 179 Å². The molecule has 3 fully saturated rings. The Hall–Kier alpha value is -1.30. The lowest BCUT2D eigenvalue weighted by atomic mass is 9.73. The van der Waals surface area contributed by atoms with Gasteiger partial charge in [0.05, 0.1) is 47.6 Å². The van der Waals surface area contributed by atoms with Gasteiger partial charge in [-0.25, -0.2) is 0 Å². The molecule has 3 rings (SSSR count). The highest BCUT2D eigenvalue weighted by Gasteiger charge is 2.54. The Morgan fingerprint density at radius 2 is 1.42 bits per heavy atom. The number of hydrogen-bond donors (Lipinski definition) is 3. The maximum Gasteiger partial charge on any atom is 0.311 e. The zero-order valence-electron chi connectivity index (χ0n) is 34.9. The molecule has 14 nitrogen and oxygen atoms in total. The van der Waals surface area contributed by atoms with Gasteiger partial charge in [0, 0.05) is 51.5 Å². The van der Waals surface area contributed by atoms with Gasteiger partial charge in [0.15, 0.2) is 12.6 Å². The van der Waals surface area contributed by atoms with Gasteiger partial charge in [-0.05, 0) is 74.9 Å². The molecule has 0 aromatic carbocycles. The number of aliphatic hydroxyl groups excluding tert-OH is 3. The van der Waals surface area contributed by atoms with Crippen LogP contribution in [-0.2, 0) is 47.5 Å². The minimum atomic E-state index is -1.42. The predicted molar refractivity (Wildman–Crippen MR) is 196 cm³/mol. The van der Waals surface area contributed by atoms with E-state index in [4.69, 9.17) is 37.9 Å². The van der Waals surface area contributed by atoms with E-state index in [1.807, 2.05) is 46.7 Å². The highest BCUT2D eigenvalue weighted by molar-refractivity contribution is 5.83. The van der Waals surface area contributed by atoms with Crippen molar-refractivity contribution < 1.29 is 62.8 Å². The standard InChI is InChI=1S/C39H71NO13/c1-16-27-39(10,48-15)32(43)22(4)29(41)20(2)18-38(9,47-14)34(53-36-30(42)26(40(11)12)17-21(3)49-36)23(5)31(24(6)35(45)51-27)52-28-19-37(8,46-13)33(44)25(7)50-28/h20-28,30-34,36,42-44H,16-19H2,1-15H3/t20-,21-,22+,23+,24-,25+,26+,27-,28+,30-,31+,32-,33+,34-,36+,37-,38-,39-/m1/s1. The van der Waals surface area contributed by atoms with Crippen LogP contribution in [0.25, 0.3) is 0 Å². The Labute approximate surface area is 317 Å². The molecule has 18 atom stereocenters. The summed E-state index contributed by atoms with van der Waals surface area (Å²) in [6.07, 6.45) is -7.89. The minimum Gasteiger partial charge on any atom is -0.459 e. The number of methoxy groups -OCH3 is 3. The average Bonchev–Trinajstić information content (AvgIpc) is 3.12. The molecule has 14 heteroatoms. The molecule has 0 amide bonds. The molecule has 0 aliphatic carbocycles. The van der Waals surface area contributed by atoms with E-state index in [0.29, 0.717) is 12.8 Å². The van der Waals surface area contributed by atoms with Crippen molar-refractivity contribution in [3.05, 3.63) is 0 Å². The molecule has 0 spiro atoms. The van der Waals surface area contributed by atoms with Crippen LogP contribution in [0.3, 0.4) is 0 Å². The van der Waals surface area contributed by atoms with E-state index in [1.165, 1.54) is 21.3 Å². The van der Waals surface area contributed by atoms with Crippen LogP contribution in [0.5, 0.6) is 0 Å². The number of esters is 1. The van der Waals surface area contributed by atoms with Crippen LogP contribution in [0.2, 0.25) is 0 Å². The van der Waals surface area contributed by atoms with Crippen LogP contribution in [0, 0.1) is 23.7 Å². The Kier molecular flexibility index (Phi) is 15.9. The summed E-state index contributed by atoms with van der Waals surface area (Å²) >= 11 is 0. The number of aliphatic hydroxyl groups is 3. The Balaban J connectivity index is 2.24. The number of likely N-dealkylation sites (N-methyl/N-ethyl adjacent to an activating group) is 1. The van der Waals surface area contributed by atoms with Crippen molar-refractivity contribution in [1.82, 2.24) is 4.90 Å². The molecule has 0 radical (unpaired) electrons. The molecule has 3 aliphatic rings. The number of cyclic esters (lactones) is 1. The van der Waals surface area contributed by atoms with E-state index >= 15 is 0 Å². The monoisotopic (exact) mass is 761 g/mol. The third-order valence-electron chi connectivity index (χ3n) is 12.7. The fourth-order valence-electron chi connectivity index (χ4n) is 8.82. The third kappa shape index (κ3) is 9.64. The highest BCUT2D eigenvalue weighted by atomic mass is 16.7. The largest absolute Gasteiger partial charge is 0.459 e. The topological polar surface area (TPSA) is 172 Å². The van der Waals surface area contributed by atoms with Gasteiger partial charge in [-0.3, -0.25) is 9.59 Å². The molecule has 3 heterocycles. The van der Waals surface area contributed by atoms with Crippen molar-refractivity contribution >= 4 is 11.8 Å². The lowest BCUT2D eigenvalue weighted by Gasteiger charge is -2.50. The third-order valence-corrected chi connectivity index (χ3v) is 12.7. The number of nitrogens with zero attached hydrogens (tertiary/aromatic N) is 1. The van der Waals surface area contributed by atoms with Crippen LogP contribution < -0.4 is 0 Å². The van der Waals surface area contributed by atoms with E-state index in [2.05, 4.69) is 0 Å². The van der Waals surface area contributed by atoms with Gasteiger partial charge < -0.3 is 58.1 Å². The molecule has 0 aromatic rings. The fraction of sp³-hybridized carbons (Fsp3) is 0.949. The van der Waals surface area contributed by atoms with Crippen molar-refractivity contribution in [3.8, 4) is 0 Å². The van der Waals surface area contributed by atoms with Crippen molar-refractivity contribution in [1.29, 1.82) is 0 Å². The maximum atomic E-state index is 14.3. The number of Topliss-reactive ketones (excluding diaryl/α,β-unsaturated/α-hetero) is 1. The van der Waals surface area contributed by atoms with Gasteiger partial charge in [0.25, 0.3) is 0 Å². The van der Waals surface area contributed by atoms with E-state index in [9.17, 15) is 24.9 Å². The van der Waals surface area contributed by atoms with Crippen molar-refractivity contribution in [3.63, 3.8) is 0 Å². The van der Waals surface area contributed by atoms with Gasteiger partial charge in [-0.2, -0.15) is 0 Å². The molecule has 310 valence electrons. The normalized spacial score (nSPS) is 48.3. The first kappa shape index (κ1) is 46.1. The smallest absolute Gasteiger partial charge is 0.311 e. The Bertz CT molecular complexity index is 1210. The molecular weight excluding hydrogens is 690 g/mol. The summed E-state index contributed by atoms with van der Waals surface area (Å²) in [5.74, 6) is -4.02. The zero-order valence-corrected chi connectivity index (χ0v) is 34.9. The van der Waals surface area contributed by atoms with Crippen LogP contribution in [0.1, 0.15) is 94.9 Å². The van der Waals surface area contributed by atoms with Crippen molar-refractivity contribution in [2.75, 3.05) is 35.4 Å². The van der Waals surface area contributed by atoms with Crippen LogP contribution in [0.4, 0.5) is 0 Å². The molecule has 0 saturated carbocycles. The molecule has 0 bridgehead atoms. The van der Waals surface area contributed by atoms with Gasteiger partial charge >= 0.3 is 5.97 Å². The van der Waals surface area contributed by atoms with E-state index in [-0.39, 0.29) is 30.8 Å². The summed E-state index contributed by atoms with van der Waals surface area (Å²) in [5, 5.41) is 34.3. The van der Waals surface area contributed by atoms with Gasteiger partial charge in [-0.1, -0.05) is 27.7 Å². The first-order valence-corrected chi connectivity index (χ1v) is 19.3.